The number of phosphoric ester groups is 1. The molecule has 0 aliphatic carbocycles. The maximum absolute atomic E-state index is 13.3. The highest BCUT2D eigenvalue weighted by molar-refractivity contribution is 7.46. The Morgan fingerprint density at radius 3 is 1.77 bits per heavy atom. The minimum absolute atomic E-state index is 0.373. The predicted octanol–water partition coefficient (Wildman–Crippen LogP) is 2.85. The van der Waals surface area contributed by atoms with E-state index in [0.29, 0.717) is 12.8 Å². The first-order valence-electron chi connectivity index (χ1n) is 15.7. The quantitative estimate of drug-likeness (QED) is 0.0784. The van der Waals surface area contributed by atoms with Crippen LogP contribution >= 0.6 is 7.82 Å². The zero-order valence-electron chi connectivity index (χ0n) is 26.4. The number of aliphatic hydroxyl groups is 1. The van der Waals surface area contributed by atoms with Crippen molar-refractivity contribution in [1.29, 1.82) is 0 Å². The van der Waals surface area contributed by atoms with Crippen LogP contribution in [-0.4, -0.2) is 75.5 Å². The van der Waals surface area contributed by atoms with Gasteiger partial charge in [-0.15, -0.1) is 0 Å². The third kappa shape index (κ3) is 15.0. The van der Waals surface area contributed by atoms with Gasteiger partial charge < -0.3 is 35.6 Å². The summed E-state index contributed by atoms with van der Waals surface area (Å²) in [5.41, 5.74) is 0. The van der Waals surface area contributed by atoms with Crippen LogP contribution in [-0.2, 0) is 33.0 Å². The molecule has 1 rings (SSSR count). The monoisotopic (exact) mass is 635 g/mol. The molecule has 1 fully saturated rings. The number of rotatable bonds is 17. The third-order valence-corrected chi connectivity index (χ3v) is 8.32. The number of cyclic esters (lactones) is 1. The lowest BCUT2D eigenvalue weighted by atomic mass is 9.95. The van der Waals surface area contributed by atoms with Crippen molar-refractivity contribution in [2.75, 3.05) is 6.61 Å². The highest BCUT2D eigenvalue weighted by Gasteiger charge is 2.39. The number of nitrogens with one attached hydrogen (secondary N) is 3. The maximum atomic E-state index is 13.3. The Hall–Kier alpha value is -2.05. The van der Waals surface area contributed by atoms with Crippen molar-refractivity contribution >= 4 is 31.5 Å². The summed E-state index contributed by atoms with van der Waals surface area (Å²) in [5, 5.41) is 17.2. The smallest absolute Gasteiger partial charge is 0.460 e. The van der Waals surface area contributed by atoms with E-state index in [1.54, 1.807) is 20.8 Å². The number of ether oxygens (including phenoxy) is 1. The fourth-order valence-electron chi connectivity index (χ4n) is 5.00. The van der Waals surface area contributed by atoms with Crippen LogP contribution in [0, 0.1) is 11.8 Å². The van der Waals surface area contributed by atoms with Gasteiger partial charge in [-0.2, -0.15) is 0 Å². The van der Waals surface area contributed by atoms with Gasteiger partial charge in [-0.3, -0.25) is 18.9 Å². The van der Waals surface area contributed by atoms with Crippen LogP contribution in [0.3, 0.4) is 0 Å². The Balaban J connectivity index is 3.02. The number of esters is 1. The van der Waals surface area contributed by atoms with Crippen LogP contribution < -0.4 is 16.0 Å². The number of amides is 3. The summed E-state index contributed by atoms with van der Waals surface area (Å²) in [6.07, 6.45) is 10.4. The van der Waals surface area contributed by atoms with Crippen LogP contribution in [0.2, 0.25) is 0 Å². The summed E-state index contributed by atoms with van der Waals surface area (Å²) < 4.78 is 21.7. The Bertz CT molecular complexity index is 928. The zero-order chi connectivity index (χ0) is 32.6. The van der Waals surface area contributed by atoms with Crippen molar-refractivity contribution in [1.82, 2.24) is 16.0 Å². The molecule has 43 heavy (non-hydrogen) atoms. The summed E-state index contributed by atoms with van der Waals surface area (Å²) in [6, 6.07) is -4.34. The minimum Gasteiger partial charge on any atom is -0.460 e. The number of carbonyl (C=O) groups excluding carboxylic acids is 4. The molecular weight excluding hydrogens is 581 g/mol. The Labute approximate surface area is 255 Å². The van der Waals surface area contributed by atoms with E-state index in [0.717, 1.165) is 26.2 Å². The van der Waals surface area contributed by atoms with Gasteiger partial charge in [-0.25, -0.2) is 9.36 Å². The first kappa shape index (κ1) is 39.0. The minimum atomic E-state index is -5.07. The number of carbonyl (C=O) groups is 4. The van der Waals surface area contributed by atoms with Crippen LogP contribution in [0.5, 0.6) is 0 Å². The second-order valence-electron chi connectivity index (χ2n) is 11.8. The van der Waals surface area contributed by atoms with Crippen LogP contribution in [0.25, 0.3) is 0 Å². The van der Waals surface area contributed by atoms with Crippen molar-refractivity contribution in [2.45, 2.75) is 142 Å². The van der Waals surface area contributed by atoms with E-state index in [4.69, 9.17) is 4.74 Å². The lowest BCUT2D eigenvalue weighted by molar-refractivity contribution is -0.159. The molecule has 0 saturated carbocycles. The van der Waals surface area contributed by atoms with Gasteiger partial charge in [0.2, 0.25) is 17.7 Å². The highest BCUT2D eigenvalue weighted by Crippen LogP contribution is 2.38. The Kier molecular flexibility index (Phi) is 18.2. The molecule has 1 aliphatic heterocycles. The van der Waals surface area contributed by atoms with Crippen molar-refractivity contribution < 1.29 is 47.9 Å². The predicted molar refractivity (Wildman–Crippen MR) is 160 cm³/mol. The first-order chi connectivity index (χ1) is 20.2. The van der Waals surface area contributed by atoms with Crippen molar-refractivity contribution in [3.63, 3.8) is 0 Å². The van der Waals surface area contributed by atoms with Gasteiger partial charge >= 0.3 is 13.8 Å². The summed E-state index contributed by atoms with van der Waals surface area (Å²) in [5.74, 6) is -4.61. The molecule has 6 atom stereocenters. The van der Waals surface area contributed by atoms with Gasteiger partial charge in [0.05, 0.1) is 18.6 Å². The van der Waals surface area contributed by atoms with Gasteiger partial charge in [0.25, 0.3) is 0 Å². The average molecular weight is 636 g/mol. The first-order valence-corrected chi connectivity index (χ1v) is 17.2. The molecule has 0 radical (unpaired) electrons. The fourth-order valence-corrected chi connectivity index (χ4v) is 5.55. The summed E-state index contributed by atoms with van der Waals surface area (Å²) >= 11 is 0. The largest absolute Gasteiger partial charge is 0.469 e. The molecule has 0 bridgehead atoms. The topological polar surface area (TPSA) is 201 Å². The summed E-state index contributed by atoms with van der Waals surface area (Å²) in [7, 11) is -5.07. The molecule has 6 N–H and O–H groups in total. The van der Waals surface area contributed by atoms with Gasteiger partial charge in [0, 0.05) is 0 Å². The zero-order valence-corrected chi connectivity index (χ0v) is 27.3. The molecule has 250 valence electrons. The number of aliphatic hydroxyl groups excluding tert-OH is 1. The molecule has 1 saturated heterocycles. The molecule has 0 aromatic carbocycles. The Morgan fingerprint density at radius 2 is 1.28 bits per heavy atom. The number of hydrogen-bond acceptors (Lipinski definition) is 8. The standard InChI is InChI=1S/C29H54N3O10P/c1-6-7-8-9-10-11-12-13-14-15-16-17-23-20(4)26(34)31-24(19(2)3)27(35)32-25(21(5)42-43(38,39)40)28(36)30-22(18-33)29(37)41-23/h19-25,33H,6-18H2,1-5H3,(H,30,36)(H,31,34)(H,32,35)(H2,38,39,40)/t20-,21+,22-,23+,24-,25-/m0/s1. The van der Waals surface area contributed by atoms with E-state index in [1.807, 2.05) is 0 Å². The molecule has 13 nitrogen and oxygen atoms in total. The normalized spacial score (nSPS) is 25.1. The SMILES string of the molecule is CCCCCCCCCCCCC[C@H]1OC(=O)[C@H](CO)NC(=O)[C@H]([C@@H](C)OP(=O)(O)O)NC(=O)[C@H](C(C)C)NC(=O)[C@H]1C. The molecular formula is C29H54N3O10P. The lowest BCUT2D eigenvalue weighted by Gasteiger charge is -2.29. The van der Waals surface area contributed by atoms with E-state index < -0.39 is 80.3 Å². The molecule has 14 heteroatoms. The van der Waals surface area contributed by atoms with E-state index >= 15 is 0 Å². The molecule has 3 amide bonds. The van der Waals surface area contributed by atoms with E-state index in [9.17, 15) is 38.6 Å². The van der Waals surface area contributed by atoms with E-state index in [1.165, 1.54) is 44.9 Å². The van der Waals surface area contributed by atoms with Crippen molar-refractivity contribution in [3.8, 4) is 0 Å². The Morgan fingerprint density at radius 1 is 0.791 bits per heavy atom. The van der Waals surface area contributed by atoms with Gasteiger partial charge in [0.1, 0.15) is 18.2 Å². The molecule has 0 aromatic heterocycles. The van der Waals surface area contributed by atoms with Crippen LogP contribution in [0.4, 0.5) is 0 Å². The number of unbranched alkanes of at least 4 members (excludes halogenated alkanes) is 10. The van der Waals surface area contributed by atoms with Crippen molar-refractivity contribution in [2.24, 2.45) is 11.8 Å². The second-order valence-corrected chi connectivity index (χ2v) is 13.0. The van der Waals surface area contributed by atoms with Gasteiger partial charge in [-0.1, -0.05) is 91.9 Å². The maximum Gasteiger partial charge on any atom is 0.469 e. The molecule has 0 aromatic rings. The van der Waals surface area contributed by atoms with Crippen LogP contribution in [0.15, 0.2) is 0 Å². The van der Waals surface area contributed by atoms with Gasteiger partial charge in [-0.05, 0) is 25.7 Å². The third-order valence-electron chi connectivity index (χ3n) is 7.71. The van der Waals surface area contributed by atoms with E-state index in [-0.39, 0.29) is 0 Å². The lowest BCUT2D eigenvalue weighted by Crippen LogP contribution is -2.60. The molecule has 0 spiro atoms. The highest BCUT2D eigenvalue weighted by atomic mass is 31.2. The molecule has 1 heterocycles. The molecule has 0 unspecified atom stereocenters. The average Bonchev–Trinajstić information content (AvgIpc) is 2.93. The van der Waals surface area contributed by atoms with Crippen LogP contribution in [0.1, 0.15) is 112 Å². The number of phosphoric acid groups is 1. The fraction of sp³-hybridized carbons (Fsp3) is 0.862. The van der Waals surface area contributed by atoms with Gasteiger partial charge in [0.15, 0.2) is 6.04 Å². The number of hydrogen-bond donors (Lipinski definition) is 6. The van der Waals surface area contributed by atoms with E-state index in [2.05, 4.69) is 27.4 Å². The van der Waals surface area contributed by atoms with Crippen molar-refractivity contribution in [3.05, 3.63) is 0 Å². The molecule has 1 aliphatic rings. The second kappa shape index (κ2) is 20.1. The summed E-state index contributed by atoms with van der Waals surface area (Å²) in [6.45, 7) is 7.46. The summed E-state index contributed by atoms with van der Waals surface area (Å²) in [4.78, 5) is 71.1.